The first-order valence-corrected chi connectivity index (χ1v) is 12.6. The molecule has 0 N–H and O–H groups in total. The topological polar surface area (TPSA) is 39.2 Å². The summed E-state index contributed by atoms with van der Waals surface area (Å²) < 4.78 is 5.32. The second-order valence-corrected chi connectivity index (χ2v) is 11.7. The van der Waals surface area contributed by atoms with E-state index >= 15 is 0 Å². The molecule has 2 aromatic rings. The number of hydrogen-bond acceptors (Lipinski definition) is 4. The maximum absolute atomic E-state index is 12.7. The van der Waals surface area contributed by atoms with Gasteiger partial charge >= 0.3 is 0 Å². The van der Waals surface area contributed by atoms with Crippen molar-refractivity contribution in [3.8, 4) is 16.3 Å². The minimum absolute atomic E-state index is 0.0507. The van der Waals surface area contributed by atoms with Crippen LogP contribution < -0.4 is 4.74 Å². The van der Waals surface area contributed by atoms with Gasteiger partial charge < -0.3 is 4.74 Å². The highest BCUT2D eigenvalue weighted by Crippen LogP contribution is 2.65. The molecule has 1 aromatic carbocycles. The number of carbonyl (C=O) groups is 1. The van der Waals surface area contributed by atoms with Crippen LogP contribution in [-0.2, 0) is 11.2 Å². The Morgan fingerprint density at radius 3 is 2.58 bits per heavy atom. The molecule has 0 unspecified atom stereocenters. The summed E-state index contributed by atoms with van der Waals surface area (Å²) >= 11 is 1.86. The first-order chi connectivity index (χ1) is 14.9. The van der Waals surface area contributed by atoms with Gasteiger partial charge in [-0.2, -0.15) is 0 Å². The number of aryl methyl sites for hydroxylation is 1. The van der Waals surface area contributed by atoms with Crippen molar-refractivity contribution in [2.75, 3.05) is 7.11 Å². The molecule has 162 valence electrons. The monoisotopic (exact) mass is 433 g/mol. The fourth-order valence-corrected chi connectivity index (χ4v) is 8.59. The standard InChI is InChI=1S/C27H31NO2S/c1-26-15-13-22-24(28-25(31-22)16-4-6-17(30-3)7-5-16)21(26)9-8-18-19-10-11-23(29)27(19,2)14-12-20(18)26/h4-7,9,18-20H,8,10-15H2,1-3H3/t18-,19-,20-,26+,27-/m0/s1. The largest absolute Gasteiger partial charge is 0.497 e. The third kappa shape index (κ3) is 2.70. The van der Waals surface area contributed by atoms with Crippen molar-refractivity contribution in [2.24, 2.45) is 28.6 Å². The van der Waals surface area contributed by atoms with Gasteiger partial charge in [-0.15, -0.1) is 11.3 Å². The number of aromatic nitrogens is 1. The number of ether oxygens (including phenoxy) is 1. The van der Waals surface area contributed by atoms with Gasteiger partial charge in [-0.1, -0.05) is 19.9 Å². The molecule has 2 saturated carbocycles. The third-order valence-electron chi connectivity index (χ3n) is 9.33. The summed E-state index contributed by atoms with van der Waals surface area (Å²) in [4.78, 5) is 19.3. The third-order valence-corrected chi connectivity index (χ3v) is 10.5. The van der Waals surface area contributed by atoms with Crippen molar-refractivity contribution < 1.29 is 9.53 Å². The summed E-state index contributed by atoms with van der Waals surface area (Å²) in [5, 5.41) is 1.12. The Balaban J connectivity index is 1.37. The Morgan fingerprint density at radius 1 is 1.03 bits per heavy atom. The van der Waals surface area contributed by atoms with Gasteiger partial charge in [0.2, 0.25) is 0 Å². The predicted octanol–water partition coefficient (Wildman–Crippen LogP) is 6.57. The Labute approximate surface area is 188 Å². The number of Topliss-reactive ketones (excluding diaryl/α,β-unsaturated/α-hetero) is 1. The molecule has 0 aliphatic heterocycles. The van der Waals surface area contributed by atoms with Crippen molar-refractivity contribution in [2.45, 2.75) is 58.8 Å². The quantitative estimate of drug-likeness (QED) is 0.538. The van der Waals surface area contributed by atoms with Gasteiger partial charge in [0.15, 0.2) is 0 Å². The highest BCUT2D eigenvalue weighted by Gasteiger charge is 2.58. The van der Waals surface area contributed by atoms with E-state index in [1.165, 1.54) is 34.5 Å². The summed E-state index contributed by atoms with van der Waals surface area (Å²) in [6.45, 7) is 4.77. The SMILES string of the molecule is COc1ccc(-c2nc3c(s2)CC[C@@]2(C)C3=CC[C@@H]3[C@@H]2CC[C@]2(C)C(=O)CC[C@@H]32)cc1. The molecule has 0 radical (unpaired) electrons. The lowest BCUT2D eigenvalue weighted by Crippen LogP contribution is -2.49. The predicted molar refractivity (Wildman–Crippen MR) is 125 cm³/mol. The van der Waals surface area contributed by atoms with E-state index in [4.69, 9.17) is 9.72 Å². The molecule has 4 heteroatoms. The van der Waals surface area contributed by atoms with E-state index in [9.17, 15) is 4.79 Å². The van der Waals surface area contributed by atoms with Crippen LogP contribution in [-0.4, -0.2) is 17.9 Å². The zero-order valence-electron chi connectivity index (χ0n) is 18.7. The molecule has 0 bridgehead atoms. The average molecular weight is 434 g/mol. The molecule has 3 nitrogen and oxygen atoms in total. The smallest absolute Gasteiger partial charge is 0.139 e. The van der Waals surface area contributed by atoms with Crippen molar-refractivity contribution >= 4 is 22.7 Å². The number of methoxy groups -OCH3 is 1. The number of nitrogens with zero attached hydrogens (tertiary/aromatic N) is 1. The number of allylic oxidation sites excluding steroid dienone is 2. The van der Waals surface area contributed by atoms with E-state index in [-0.39, 0.29) is 10.8 Å². The lowest BCUT2D eigenvalue weighted by Gasteiger charge is -2.55. The maximum Gasteiger partial charge on any atom is 0.139 e. The summed E-state index contributed by atoms with van der Waals surface area (Å²) in [6.07, 6.45) is 10.2. The molecule has 2 fully saturated rings. The lowest BCUT2D eigenvalue weighted by molar-refractivity contribution is -0.131. The van der Waals surface area contributed by atoms with Crippen LogP contribution in [0.15, 0.2) is 30.3 Å². The van der Waals surface area contributed by atoms with Crippen LogP contribution in [0.4, 0.5) is 0 Å². The molecule has 0 amide bonds. The van der Waals surface area contributed by atoms with Gasteiger partial charge in [-0.3, -0.25) is 4.79 Å². The van der Waals surface area contributed by atoms with Crippen molar-refractivity contribution in [3.63, 3.8) is 0 Å². The number of thiazole rings is 1. The Kier molecular flexibility index (Phi) is 4.31. The minimum atomic E-state index is -0.0507. The first kappa shape index (κ1) is 19.7. The van der Waals surface area contributed by atoms with Crippen LogP contribution in [0.5, 0.6) is 5.75 Å². The molecule has 0 saturated heterocycles. The van der Waals surface area contributed by atoms with Crippen LogP contribution in [0.1, 0.15) is 62.9 Å². The van der Waals surface area contributed by atoms with E-state index in [1.54, 1.807) is 7.11 Å². The Bertz CT molecular complexity index is 1080. The molecule has 0 spiro atoms. The number of hydrogen-bond donors (Lipinski definition) is 0. The van der Waals surface area contributed by atoms with E-state index < -0.39 is 0 Å². The second-order valence-electron chi connectivity index (χ2n) is 10.6. The van der Waals surface area contributed by atoms with E-state index in [0.29, 0.717) is 23.5 Å². The minimum Gasteiger partial charge on any atom is -0.497 e. The molecular weight excluding hydrogens is 402 g/mol. The van der Waals surface area contributed by atoms with E-state index in [2.05, 4.69) is 32.1 Å². The van der Waals surface area contributed by atoms with Crippen LogP contribution >= 0.6 is 11.3 Å². The first-order valence-electron chi connectivity index (χ1n) is 11.8. The zero-order chi connectivity index (χ0) is 21.4. The van der Waals surface area contributed by atoms with Crippen molar-refractivity contribution in [3.05, 3.63) is 40.9 Å². The zero-order valence-corrected chi connectivity index (χ0v) is 19.6. The maximum atomic E-state index is 12.7. The van der Waals surface area contributed by atoms with Crippen molar-refractivity contribution in [1.29, 1.82) is 0 Å². The molecule has 1 aromatic heterocycles. The van der Waals surface area contributed by atoms with Gasteiger partial charge in [-0.25, -0.2) is 4.98 Å². The summed E-state index contributed by atoms with van der Waals surface area (Å²) in [7, 11) is 1.70. The van der Waals surface area contributed by atoms with E-state index in [1.807, 2.05) is 23.5 Å². The molecule has 1 heterocycles. The number of fused-ring (bicyclic) bond motifs is 7. The lowest BCUT2D eigenvalue weighted by atomic mass is 9.48. The molecule has 4 aliphatic rings. The Hall–Kier alpha value is -1.94. The summed E-state index contributed by atoms with van der Waals surface area (Å²) in [5.41, 5.74) is 4.09. The van der Waals surface area contributed by atoms with Gasteiger partial charge in [0, 0.05) is 22.3 Å². The summed E-state index contributed by atoms with van der Waals surface area (Å²) in [5.74, 6) is 3.36. The second kappa shape index (κ2) is 6.78. The fourth-order valence-electron chi connectivity index (χ4n) is 7.51. The van der Waals surface area contributed by atoms with Gasteiger partial charge in [0.05, 0.1) is 12.8 Å². The van der Waals surface area contributed by atoms with Gasteiger partial charge in [0.25, 0.3) is 0 Å². The number of carbonyl (C=O) groups excluding carboxylic acids is 1. The molecule has 31 heavy (non-hydrogen) atoms. The summed E-state index contributed by atoms with van der Waals surface area (Å²) in [6, 6.07) is 8.28. The average Bonchev–Trinajstić information content (AvgIpc) is 3.34. The molecule has 4 aliphatic carbocycles. The number of ketones is 1. The van der Waals surface area contributed by atoms with E-state index in [0.717, 1.165) is 42.9 Å². The molecular formula is C27H31NO2S. The highest BCUT2D eigenvalue weighted by atomic mass is 32.1. The van der Waals surface area contributed by atoms with Crippen LogP contribution in [0, 0.1) is 28.6 Å². The van der Waals surface area contributed by atoms with Gasteiger partial charge in [0.1, 0.15) is 16.5 Å². The number of benzene rings is 1. The van der Waals surface area contributed by atoms with Crippen LogP contribution in [0.25, 0.3) is 16.1 Å². The normalized spacial score (nSPS) is 36.2. The van der Waals surface area contributed by atoms with Crippen LogP contribution in [0.3, 0.4) is 0 Å². The van der Waals surface area contributed by atoms with Gasteiger partial charge in [-0.05, 0) is 91.5 Å². The molecule has 5 atom stereocenters. The highest BCUT2D eigenvalue weighted by molar-refractivity contribution is 7.15. The number of rotatable bonds is 2. The van der Waals surface area contributed by atoms with Crippen molar-refractivity contribution in [1.82, 2.24) is 4.98 Å². The molecule has 6 rings (SSSR count). The van der Waals surface area contributed by atoms with Crippen LogP contribution in [0.2, 0.25) is 0 Å². The fraction of sp³-hybridized carbons (Fsp3) is 0.556. The Morgan fingerprint density at radius 2 is 1.81 bits per heavy atom.